The molecule has 1 aromatic rings. The van der Waals surface area contributed by atoms with Crippen molar-refractivity contribution < 1.29 is 0 Å². The second-order valence-corrected chi connectivity index (χ2v) is 5.33. The van der Waals surface area contributed by atoms with E-state index in [-0.39, 0.29) is 0 Å². The minimum Gasteiger partial charge on any atom is -0.261 e. The van der Waals surface area contributed by atoms with Gasteiger partial charge >= 0.3 is 0 Å². The van der Waals surface area contributed by atoms with E-state index in [0.717, 1.165) is 5.69 Å². The zero-order chi connectivity index (χ0) is 9.47. The van der Waals surface area contributed by atoms with Crippen LogP contribution in [0, 0.1) is 6.92 Å². The fraction of sp³-hybridized carbons (Fsp3) is 0.545. The highest BCUT2D eigenvalue weighted by Gasteiger charge is 2.47. The van der Waals surface area contributed by atoms with E-state index in [1.165, 1.54) is 18.4 Å². The van der Waals surface area contributed by atoms with Crippen LogP contribution in [-0.2, 0) is 5.41 Å². The molecule has 1 unspecified atom stereocenters. The first-order valence-electron chi connectivity index (χ1n) is 4.72. The average molecular weight is 240 g/mol. The zero-order valence-corrected chi connectivity index (χ0v) is 9.63. The Bertz CT molecular complexity index is 298. The summed E-state index contributed by atoms with van der Waals surface area (Å²) in [6.07, 6.45) is 4.62. The summed E-state index contributed by atoms with van der Waals surface area (Å²) in [7, 11) is 0. The molecule has 1 aliphatic rings. The molecule has 0 saturated heterocycles. The first kappa shape index (κ1) is 9.20. The number of nitrogens with zero attached hydrogens (tertiary/aromatic N) is 1. The molecule has 1 fully saturated rings. The van der Waals surface area contributed by atoms with Crippen LogP contribution >= 0.6 is 15.9 Å². The Balaban J connectivity index is 2.31. The summed E-state index contributed by atoms with van der Waals surface area (Å²) in [6.45, 7) is 4.26. The zero-order valence-electron chi connectivity index (χ0n) is 8.05. The SMILES string of the molecule is Cc1ccc(C2(C(C)Br)CC2)cn1. The highest BCUT2D eigenvalue weighted by atomic mass is 79.9. The van der Waals surface area contributed by atoms with Crippen LogP contribution in [0.5, 0.6) is 0 Å². The first-order valence-corrected chi connectivity index (χ1v) is 5.64. The van der Waals surface area contributed by atoms with Gasteiger partial charge in [0.2, 0.25) is 0 Å². The largest absolute Gasteiger partial charge is 0.261 e. The third kappa shape index (κ3) is 1.52. The van der Waals surface area contributed by atoms with Crippen LogP contribution in [-0.4, -0.2) is 9.81 Å². The van der Waals surface area contributed by atoms with Gasteiger partial charge in [-0.05, 0) is 31.4 Å². The lowest BCUT2D eigenvalue weighted by atomic mass is 9.95. The Morgan fingerprint density at radius 3 is 2.54 bits per heavy atom. The van der Waals surface area contributed by atoms with Crippen LogP contribution in [0.2, 0.25) is 0 Å². The maximum Gasteiger partial charge on any atom is 0.0372 e. The Morgan fingerprint density at radius 2 is 2.15 bits per heavy atom. The topological polar surface area (TPSA) is 12.9 Å². The van der Waals surface area contributed by atoms with Crippen molar-refractivity contribution in [3.05, 3.63) is 29.6 Å². The molecule has 0 aromatic carbocycles. The van der Waals surface area contributed by atoms with E-state index < -0.39 is 0 Å². The van der Waals surface area contributed by atoms with E-state index in [0.29, 0.717) is 10.2 Å². The second-order valence-electron chi connectivity index (χ2n) is 3.96. The molecule has 1 aromatic heterocycles. The molecule has 0 radical (unpaired) electrons. The number of aromatic nitrogens is 1. The average Bonchev–Trinajstić information content (AvgIpc) is 2.86. The highest BCUT2D eigenvalue weighted by molar-refractivity contribution is 9.09. The Kier molecular flexibility index (Phi) is 2.18. The normalized spacial score (nSPS) is 21.2. The smallest absolute Gasteiger partial charge is 0.0372 e. The van der Waals surface area contributed by atoms with Gasteiger partial charge in [0.15, 0.2) is 0 Å². The van der Waals surface area contributed by atoms with Crippen molar-refractivity contribution in [2.45, 2.75) is 36.9 Å². The molecule has 0 amide bonds. The first-order chi connectivity index (χ1) is 6.15. The minimum absolute atomic E-state index is 0.390. The van der Waals surface area contributed by atoms with Gasteiger partial charge in [-0.2, -0.15) is 0 Å². The van der Waals surface area contributed by atoms with E-state index in [9.17, 15) is 0 Å². The van der Waals surface area contributed by atoms with Gasteiger partial charge < -0.3 is 0 Å². The standard InChI is InChI=1S/C11H14BrN/c1-8-3-4-10(7-13-8)11(5-6-11)9(2)12/h3-4,7,9H,5-6H2,1-2H3. The summed E-state index contributed by atoms with van der Waals surface area (Å²) in [5.41, 5.74) is 2.88. The molecule has 0 spiro atoms. The monoisotopic (exact) mass is 239 g/mol. The van der Waals surface area contributed by atoms with Gasteiger partial charge in [-0.15, -0.1) is 0 Å². The van der Waals surface area contributed by atoms with E-state index in [1.54, 1.807) is 0 Å². The third-order valence-corrected chi connectivity index (χ3v) is 3.91. The number of pyridine rings is 1. The molecule has 1 nitrogen and oxygen atoms in total. The summed E-state index contributed by atoms with van der Waals surface area (Å²) < 4.78 is 0. The van der Waals surface area contributed by atoms with Gasteiger partial charge in [0.25, 0.3) is 0 Å². The number of rotatable bonds is 2. The summed E-state index contributed by atoms with van der Waals surface area (Å²) in [5.74, 6) is 0. The predicted octanol–water partition coefficient (Wildman–Crippen LogP) is 3.21. The van der Waals surface area contributed by atoms with E-state index in [1.807, 2.05) is 13.1 Å². The third-order valence-electron chi connectivity index (χ3n) is 3.04. The van der Waals surface area contributed by atoms with Crippen LogP contribution in [0.25, 0.3) is 0 Å². The van der Waals surface area contributed by atoms with Gasteiger partial charge in [-0.3, -0.25) is 4.98 Å². The lowest BCUT2D eigenvalue weighted by Gasteiger charge is -2.18. The summed E-state index contributed by atoms with van der Waals surface area (Å²) in [4.78, 5) is 4.91. The molecule has 1 atom stereocenters. The van der Waals surface area contributed by atoms with Gasteiger partial charge in [0.1, 0.15) is 0 Å². The molecule has 70 valence electrons. The number of hydrogen-bond acceptors (Lipinski definition) is 1. The summed E-state index contributed by atoms with van der Waals surface area (Å²) >= 11 is 3.69. The summed E-state index contributed by atoms with van der Waals surface area (Å²) in [6, 6.07) is 4.32. The number of alkyl halides is 1. The molecular formula is C11H14BrN. The van der Waals surface area contributed by atoms with Crippen molar-refractivity contribution in [1.82, 2.24) is 4.98 Å². The van der Waals surface area contributed by atoms with Crippen molar-refractivity contribution in [1.29, 1.82) is 0 Å². The Morgan fingerprint density at radius 1 is 1.46 bits per heavy atom. The second kappa shape index (κ2) is 3.09. The fourth-order valence-electron chi connectivity index (χ4n) is 1.81. The molecule has 1 saturated carbocycles. The van der Waals surface area contributed by atoms with Crippen LogP contribution < -0.4 is 0 Å². The summed E-state index contributed by atoms with van der Waals surface area (Å²) in [5, 5.41) is 0. The van der Waals surface area contributed by atoms with Crippen molar-refractivity contribution in [3.8, 4) is 0 Å². The molecule has 0 aliphatic heterocycles. The number of hydrogen-bond donors (Lipinski definition) is 0. The van der Waals surface area contributed by atoms with Crippen LogP contribution in [0.1, 0.15) is 31.0 Å². The van der Waals surface area contributed by atoms with Gasteiger partial charge in [-0.1, -0.05) is 28.9 Å². The molecule has 2 rings (SSSR count). The van der Waals surface area contributed by atoms with Crippen molar-refractivity contribution in [3.63, 3.8) is 0 Å². The van der Waals surface area contributed by atoms with Crippen LogP contribution in [0.15, 0.2) is 18.3 Å². The van der Waals surface area contributed by atoms with E-state index in [2.05, 4.69) is 40.0 Å². The van der Waals surface area contributed by atoms with Gasteiger partial charge in [-0.25, -0.2) is 0 Å². The van der Waals surface area contributed by atoms with Gasteiger partial charge in [0.05, 0.1) is 0 Å². The Hall–Kier alpha value is -0.370. The highest BCUT2D eigenvalue weighted by Crippen LogP contribution is 2.53. The van der Waals surface area contributed by atoms with Crippen molar-refractivity contribution in [2.75, 3.05) is 0 Å². The predicted molar refractivity (Wildman–Crippen MR) is 58.3 cm³/mol. The number of aryl methyl sites for hydroxylation is 1. The van der Waals surface area contributed by atoms with E-state index >= 15 is 0 Å². The van der Waals surface area contributed by atoms with E-state index in [4.69, 9.17) is 0 Å². The molecule has 0 bridgehead atoms. The maximum atomic E-state index is 4.35. The van der Waals surface area contributed by atoms with Gasteiger partial charge in [0, 0.05) is 22.1 Å². The van der Waals surface area contributed by atoms with Crippen molar-refractivity contribution >= 4 is 15.9 Å². The lowest BCUT2D eigenvalue weighted by molar-refractivity contribution is 0.686. The van der Waals surface area contributed by atoms with Crippen LogP contribution in [0.4, 0.5) is 0 Å². The fourth-order valence-corrected chi connectivity index (χ4v) is 2.54. The van der Waals surface area contributed by atoms with Crippen molar-refractivity contribution in [2.24, 2.45) is 0 Å². The quantitative estimate of drug-likeness (QED) is 0.723. The molecule has 1 heterocycles. The van der Waals surface area contributed by atoms with Crippen LogP contribution in [0.3, 0.4) is 0 Å². The minimum atomic E-state index is 0.390. The lowest BCUT2D eigenvalue weighted by Crippen LogP contribution is -2.17. The molecular weight excluding hydrogens is 226 g/mol. The number of halogens is 1. The Labute approximate surface area is 87.7 Å². The molecule has 2 heteroatoms. The molecule has 1 aliphatic carbocycles. The molecule has 13 heavy (non-hydrogen) atoms. The maximum absolute atomic E-state index is 4.35. The molecule has 0 N–H and O–H groups in total.